The molecule has 0 aliphatic heterocycles. The predicted octanol–water partition coefficient (Wildman–Crippen LogP) is 2.82. The highest BCUT2D eigenvalue weighted by Gasteiger charge is 2.12. The molecule has 0 aliphatic rings. The van der Waals surface area contributed by atoms with Gasteiger partial charge in [-0.2, -0.15) is 0 Å². The minimum atomic E-state index is -2.10. The van der Waals surface area contributed by atoms with Crippen molar-refractivity contribution in [3.8, 4) is 21.8 Å². The number of anilines is 1. The van der Waals surface area contributed by atoms with E-state index >= 15 is 0 Å². The highest BCUT2D eigenvalue weighted by atomic mass is 32.2. The van der Waals surface area contributed by atoms with Crippen LogP contribution in [0.3, 0.4) is 0 Å². The molecule has 1 unspecified atom stereocenters. The lowest BCUT2D eigenvalue weighted by Gasteiger charge is -2.05. The summed E-state index contributed by atoms with van der Waals surface area (Å²) in [5.74, 6) is 0. The Morgan fingerprint density at radius 2 is 2.14 bits per heavy atom. The van der Waals surface area contributed by atoms with Gasteiger partial charge in [-0.05, 0) is 18.2 Å². The summed E-state index contributed by atoms with van der Waals surface area (Å²) in [6.07, 6.45) is 3.17. The Labute approximate surface area is 127 Å². The first-order chi connectivity index (χ1) is 10.2. The summed E-state index contributed by atoms with van der Waals surface area (Å²) in [7, 11) is 0. The Bertz CT molecular complexity index is 777. The standard InChI is InChI=1S/C13H10N4O2S2/c18-21(19)17-10-3-1-2-9(6-10)12-13(20-8-16-12)11-4-5-14-7-15-11/h1-8,17H,(H,18,19). The Balaban J connectivity index is 2.02. The van der Waals surface area contributed by atoms with E-state index in [-0.39, 0.29) is 0 Å². The molecule has 0 aliphatic carbocycles. The molecule has 3 rings (SSSR count). The third-order valence-corrected chi connectivity index (χ3v) is 3.98. The summed E-state index contributed by atoms with van der Waals surface area (Å²) >= 11 is -0.615. The summed E-state index contributed by atoms with van der Waals surface area (Å²) in [6.45, 7) is 0. The molecule has 6 nitrogen and oxygen atoms in total. The molecular weight excluding hydrogens is 308 g/mol. The summed E-state index contributed by atoms with van der Waals surface area (Å²) in [4.78, 5) is 13.4. The summed E-state index contributed by atoms with van der Waals surface area (Å²) in [5, 5.41) is 0. The molecule has 1 aromatic carbocycles. The van der Waals surface area contributed by atoms with Crippen LogP contribution in [0.15, 0.2) is 48.4 Å². The molecule has 8 heteroatoms. The number of benzene rings is 1. The van der Waals surface area contributed by atoms with E-state index < -0.39 is 11.3 Å². The van der Waals surface area contributed by atoms with Crippen molar-refractivity contribution in [3.05, 3.63) is 48.4 Å². The van der Waals surface area contributed by atoms with Crippen LogP contribution in [0, 0.1) is 0 Å². The zero-order valence-corrected chi connectivity index (χ0v) is 12.3. The molecule has 2 heterocycles. The normalized spacial score (nSPS) is 12.0. The van der Waals surface area contributed by atoms with Crippen molar-refractivity contribution in [2.24, 2.45) is 0 Å². The summed E-state index contributed by atoms with van der Waals surface area (Å²) in [5.41, 5.74) is 4.73. The minimum Gasteiger partial charge on any atom is -0.289 e. The van der Waals surface area contributed by atoms with E-state index in [1.54, 1.807) is 29.9 Å². The van der Waals surface area contributed by atoms with Gasteiger partial charge in [0.25, 0.3) is 11.3 Å². The van der Waals surface area contributed by atoms with E-state index in [9.17, 15) is 4.21 Å². The van der Waals surface area contributed by atoms with Gasteiger partial charge < -0.3 is 0 Å². The van der Waals surface area contributed by atoms with Crippen LogP contribution in [0.25, 0.3) is 21.8 Å². The average Bonchev–Trinajstić information content (AvgIpc) is 2.97. The second-order valence-corrected chi connectivity index (χ2v) is 5.61. The molecule has 0 radical (unpaired) electrons. The van der Waals surface area contributed by atoms with Crippen LogP contribution >= 0.6 is 11.3 Å². The number of hydrogen-bond donors (Lipinski definition) is 2. The van der Waals surface area contributed by atoms with Crippen molar-refractivity contribution in [3.63, 3.8) is 0 Å². The van der Waals surface area contributed by atoms with Crippen molar-refractivity contribution in [2.45, 2.75) is 0 Å². The highest BCUT2D eigenvalue weighted by Crippen LogP contribution is 2.34. The van der Waals surface area contributed by atoms with Crippen molar-refractivity contribution >= 4 is 28.3 Å². The number of hydrogen-bond acceptors (Lipinski definition) is 5. The van der Waals surface area contributed by atoms with Crippen molar-refractivity contribution < 1.29 is 8.76 Å². The molecule has 1 atom stereocenters. The number of thiazole rings is 1. The molecule has 106 valence electrons. The lowest BCUT2D eigenvalue weighted by atomic mass is 10.1. The van der Waals surface area contributed by atoms with Crippen LogP contribution in [0.2, 0.25) is 0 Å². The van der Waals surface area contributed by atoms with Gasteiger partial charge in [-0.1, -0.05) is 12.1 Å². The molecule has 0 bridgehead atoms. The fourth-order valence-corrected chi connectivity index (χ4v) is 3.01. The lowest BCUT2D eigenvalue weighted by molar-refractivity contribution is 0.570. The van der Waals surface area contributed by atoms with Crippen LogP contribution in [-0.2, 0) is 11.3 Å². The predicted molar refractivity (Wildman–Crippen MR) is 83.0 cm³/mol. The molecule has 2 aromatic heterocycles. The quantitative estimate of drug-likeness (QED) is 0.722. The van der Waals surface area contributed by atoms with Crippen molar-refractivity contribution in [2.75, 3.05) is 4.72 Å². The fourth-order valence-electron chi connectivity index (χ4n) is 1.89. The van der Waals surface area contributed by atoms with Crippen molar-refractivity contribution in [1.29, 1.82) is 0 Å². The Hall–Kier alpha value is -2.16. The van der Waals surface area contributed by atoms with Gasteiger partial charge in [0.2, 0.25) is 0 Å². The van der Waals surface area contributed by atoms with Gasteiger partial charge in [0.15, 0.2) is 0 Å². The number of aromatic nitrogens is 3. The van der Waals surface area contributed by atoms with E-state index in [0.29, 0.717) is 5.69 Å². The number of rotatable bonds is 4. The van der Waals surface area contributed by atoms with Crippen LogP contribution in [0.5, 0.6) is 0 Å². The van der Waals surface area contributed by atoms with E-state index in [4.69, 9.17) is 4.55 Å². The molecular formula is C13H10N4O2S2. The first-order valence-electron chi connectivity index (χ1n) is 5.92. The van der Waals surface area contributed by atoms with Gasteiger partial charge in [0.1, 0.15) is 6.33 Å². The molecule has 0 saturated carbocycles. The number of nitrogens with zero attached hydrogens (tertiary/aromatic N) is 3. The van der Waals surface area contributed by atoms with Crippen molar-refractivity contribution in [1.82, 2.24) is 15.0 Å². The minimum absolute atomic E-state index is 0.551. The van der Waals surface area contributed by atoms with Gasteiger partial charge in [0.05, 0.1) is 21.8 Å². The van der Waals surface area contributed by atoms with E-state index in [0.717, 1.165) is 21.8 Å². The fraction of sp³-hybridized carbons (Fsp3) is 0. The largest absolute Gasteiger partial charge is 0.289 e. The van der Waals surface area contributed by atoms with Gasteiger partial charge >= 0.3 is 0 Å². The maximum atomic E-state index is 10.8. The molecule has 0 amide bonds. The Morgan fingerprint density at radius 3 is 2.90 bits per heavy atom. The molecule has 3 aromatic rings. The zero-order valence-electron chi connectivity index (χ0n) is 10.6. The molecule has 0 spiro atoms. The molecule has 21 heavy (non-hydrogen) atoms. The van der Waals surface area contributed by atoms with Gasteiger partial charge in [-0.3, -0.25) is 9.27 Å². The van der Waals surface area contributed by atoms with E-state index in [1.807, 2.05) is 12.1 Å². The maximum Gasteiger partial charge on any atom is 0.259 e. The van der Waals surface area contributed by atoms with E-state index in [2.05, 4.69) is 19.7 Å². The van der Waals surface area contributed by atoms with Gasteiger partial charge in [-0.25, -0.2) is 19.2 Å². The molecule has 0 fully saturated rings. The van der Waals surface area contributed by atoms with Crippen LogP contribution in [0.1, 0.15) is 0 Å². The number of nitrogens with one attached hydrogen (secondary N) is 1. The zero-order chi connectivity index (χ0) is 14.7. The summed E-state index contributed by atoms with van der Waals surface area (Å²) in [6, 6.07) is 9.00. The highest BCUT2D eigenvalue weighted by molar-refractivity contribution is 7.80. The lowest BCUT2D eigenvalue weighted by Crippen LogP contribution is -2.01. The monoisotopic (exact) mass is 318 g/mol. The molecule has 2 N–H and O–H groups in total. The van der Waals surface area contributed by atoms with Crippen LogP contribution < -0.4 is 4.72 Å². The SMILES string of the molecule is O=S(O)Nc1cccc(-c2ncsc2-c2ccncn2)c1. The summed E-state index contributed by atoms with van der Waals surface area (Å²) < 4.78 is 22.2. The third kappa shape index (κ3) is 3.13. The maximum absolute atomic E-state index is 10.8. The van der Waals surface area contributed by atoms with Crippen LogP contribution in [0.4, 0.5) is 5.69 Å². The Morgan fingerprint density at radius 1 is 1.24 bits per heavy atom. The third-order valence-electron chi connectivity index (χ3n) is 2.72. The topological polar surface area (TPSA) is 88.0 Å². The average molecular weight is 318 g/mol. The first kappa shape index (κ1) is 13.8. The second-order valence-electron chi connectivity index (χ2n) is 4.06. The smallest absolute Gasteiger partial charge is 0.259 e. The second kappa shape index (κ2) is 6.08. The van der Waals surface area contributed by atoms with Gasteiger partial charge in [0, 0.05) is 17.4 Å². The van der Waals surface area contributed by atoms with Crippen LogP contribution in [-0.4, -0.2) is 23.7 Å². The Kier molecular flexibility index (Phi) is 4.00. The first-order valence-corrected chi connectivity index (χ1v) is 7.90. The van der Waals surface area contributed by atoms with Gasteiger partial charge in [-0.15, -0.1) is 11.3 Å². The van der Waals surface area contributed by atoms with E-state index in [1.165, 1.54) is 17.7 Å². The molecule has 0 saturated heterocycles.